The highest BCUT2D eigenvalue weighted by molar-refractivity contribution is 6.31. The highest BCUT2D eigenvalue weighted by Gasteiger charge is 2.54. The van der Waals surface area contributed by atoms with Crippen LogP contribution in [-0.4, -0.2) is 64.2 Å². The van der Waals surface area contributed by atoms with E-state index in [9.17, 15) is 14.4 Å². The zero-order chi connectivity index (χ0) is 19.5. The molecule has 140 valence electrons. The van der Waals surface area contributed by atoms with Gasteiger partial charge in [0.15, 0.2) is 12.2 Å². The molecule has 0 saturated carbocycles. The molecule has 1 aromatic rings. The number of urea groups is 1. The second-order valence-electron chi connectivity index (χ2n) is 6.80. The van der Waals surface area contributed by atoms with Crippen LogP contribution in [0, 0.1) is 0 Å². The molecule has 3 amide bonds. The van der Waals surface area contributed by atoms with Crippen molar-refractivity contribution in [2.24, 2.45) is 4.99 Å². The number of ketones is 1. The molecule has 0 spiro atoms. The standard InChI is InChI=1S/C18H18ClN5O3/c1-10-8-22-14-15(21(3)18(27)23(16(14)26)9-11(2)25)20-17(22)24(10)13-6-4-5-12(19)7-13/h4-8,14-15H,9H2,1-3H3. The molecule has 4 rings (SSSR count). The van der Waals surface area contributed by atoms with Gasteiger partial charge in [0.25, 0.3) is 5.91 Å². The fraction of sp³-hybridized carbons (Fsp3) is 0.333. The first kappa shape index (κ1) is 17.5. The lowest BCUT2D eigenvalue weighted by atomic mass is 10.1. The van der Waals surface area contributed by atoms with E-state index in [-0.39, 0.29) is 12.3 Å². The Labute approximate surface area is 161 Å². The SMILES string of the molecule is CC(=O)CN1C(=O)C2C(N=C3N(c4cccc(Cl)c4)C(C)=CN32)N(C)C1=O. The van der Waals surface area contributed by atoms with Gasteiger partial charge in [0, 0.05) is 24.0 Å². The molecular formula is C18H18ClN5O3. The Kier molecular flexibility index (Phi) is 3.96. The van der Waals surface area contributed by atoms with Crippen LogP contribution in [0.25, 0.3) is 0 Å². The topological polar surface area (TPSA) is 76.5 Å². The van der Waals surface area contributed by atoms with E-state index in [1.165, 1.54) is 11.8 Å². The molecule has 2 atom stereocenters. The lowest BCUT2D eigenvalue weighted by Gasteiger charge is -2.39. The number of rotatable bonds is 3. The van der Waals surface area contributed by atoms with Gasteiger partial charge in [-0.3, -0.25) is 19.4 Å². The Morgan fingerprint density at radius 3 is 2.70 bits per heavy atom. The number of carbonyl (C=O) groups excluding carboxylic acids is 3. The van der Waals surface area contributed by atoms with Crippen molar-refractivity contribution in [3.8, 4) is 0 Å². The highest BCUT2D eigenvalue weighted by atomic mass is 35.5. The number of hydrogen-bond acceptors (Lipinski definition) is 6. The molecule has 0 bridgehead atoms. The van der Waals surface area contributed by atoms with Crippen LogP contribution in [0.5, 0.6) is 0 Å². The second kappa shape index (κ2) is 6.09. The zero-order valence-electron chi connectivity index (χ0n) is 15.1. The van der Waals surface area contributed by atoms with Crippen LogP contribution in [0.4, 0.5) is 10.5 Å². The molecule has 8 nitrogen and oxygen atoms in total. The number of anilines is 1. The van der Waals surface area contributed by atoms with E-state index in [0.29, 0.717) is 11.0 Å². The predicted molar refractivity (Wildman–Crippen MR) is 100 cm³/mol. The molecule has 0 radical (unpaired) electrons. The van der Waals surface area contributed by atoms with Gasteiger partial charge in [-0.05, 0) is 32.0 Å². The van der Waals surface area contributed by atoms with Gasteiger partial charge < -0.3 is 9.80 Å². The van der Waals surface area contributed by atoms with Crippen LogP contribution in [0.15, 0.2) is 41.2 Å². The number of benzene rings is 1. The third-order valence-corrected chi connectivity index (χ3v) is 5.07. The predicted octanol–water partition coefficient (Wildman–Crippen LogP) is 1.87. The van der Waals surface area contributed by atoms with Gasteiger partial charge in [-0.15, -0.1) is 0 Å². The summed E-state index contributed by atoms with van der Waals surface area (Å²) in [5.41, 5.74) is 1.69. The van der Waals surface area contributed by atoms with Crippen LogP contribution in [0.1, 0.15) is 13.8 Å². The molecule has 3 aliphatic rings. The third kappa shape index (κ3) is 2.59. The summed E-state index contributed by atoms with van der Waals surface area (Å²) < 4.78 is 0. The second-order valence-corrected chi connectivity index (χ2v) is 7.24. The van der Waals surface area contributed by atoms with Gasteiger partial charge in [0.05, 0.1) is 12.2 Å². The van der Waals surface area contributed by atoms with Crippen molar-refractivity contribution in [2.75, 3.05) is 18.5 Å². The number of aliphatic imine (C=N–C) groups is 1. The lowest BCUT2D eigenvalue weighted by Crippen LogP contribution is -2.64. The lowest BCUT2D eigenvalue weighted by molar-refractivity contribution is -0.139. The molecule has 0 N–H and O–H groups in total. The molecule has 27 heavy (non-hydrogen) atoms. The summed E-state index contributed by atoms with van der Waals surface area (Å²) in [5, 5.41) is 0.589. The molecular weight excluding hydrogens is 370 g/mol. The first-order valence-corrected chi connectivity index (χ1v) is 8.85. The van der Waals surface area contributed by atoms with Gasteiger partial charge in [-0.2, -0.15) is 0 Å². The Morgan fingerprint density at radius 2 is 2.04 bits per heavy atom. The van der Waals surface area contributed by atoms with E-state index in [2.05, 4.69) is 4.99 Å². The molecule has 3 heterocycles. The third-order valence-electron chi connectivity index (χ3n) is 4.84. The number of halogens is 1. The summed E-state index contributed by atoms with van der Waals surface area (Å²) in [4.78, 5) is 47.7. The molecule has 3 aliphatic heterocycles. The van der Waals surface area contributed by atoms with Crippen LogP contribution in [0.3, 0.4) is 0 Å². The summed E-state index contributed by atoms with van der Waals surface area (Å²) in [6.07, 6.45) is 1.19. The van der Waals surface area contributed by atoms with Crippen LogP contribution in [-0.2, 0) is 9.59 Å². The van der Waals surface area contributed by atoms with Crippen molar-refractivity contribution < 1.29 is 14.4 Å². The Balaban J connectivity index is 1.73. The smallest absolute Gasteiger partial charge is 0.302 e. The van der Waals surface area contributed by atoms with Crippen LogP contribution in [0.2, 0.25) is 5.02 Å². The largest absolute Gasteiger partial charge is 0.328 e. The number of likely N-dealkylation sites (N-methyl/N-ethyl adjacent to an activating group) is 1. The molecule has 2 unspecified atom stereocenters. The van der Waals surface area contributed by atoms with E-state index >= 15 is 0 Å². The average Bonchev–Trinajstić information content (AvgIpc) is 3.11. The molecule has 0 aliphatic carbocycles. The normalized spacial score (nSPS) is 24.1. The minimum absolute atomic E-state index is 0.241. The summed E-state index contributed by atoms with van der Waals surface area (Å²) in [7, 11) is 1.59. The minimum Gasteiger partial charge on any atom is -0.302 e. The first-order chi connectivity index (χ1) is 12.8. The average molecular weight is 388 g/mol. The maximum absolute atomic E-state index is 13.0. The van der Waals surface area contributed by atoms with Gasteiger partial charge in [-0.25, -0.2) is 9.79 Å². The fourth-order valence-corrected chi connectivity index (χ4v) is 3.84. The Morgan fingerprint density at radius 1 is 1.30 bits per heavy atom. The van der Waals surface area contributed by atoms with Crippen molar-refractivity contribution in [3.63, 3.8) is 0 Å². The zero-order valence-corrected chi connectivity index (χ0v) is 15.8. The van der Waals surface area contributed by atoms with Crippen LogP contribution < -0.4 is 4.90 Å². The monoisotopic (exact) mass is 387 g/mol. The van der Waals surface area contributed by atoms with Crippen molar-refractivity contribution in [3.05, 3.63) is 41.2 Å². The van der Waals surface area contributed by atoms with E-state index in [1.54, 1.807) is 18.0 Å². The van der Waals surface area contributed by atoms with Crippen molar-refractivity contribution in [1.82, 2.24) is 14.7 Å². The summed E-state index contributed by atoms with van der Waals surface area (Å²) in [6.45, 7) is 3.02. The van der Waals surface area contributed by atoms with Gasteiger partial charge in [-0.1, -0.05) is 17.7 Å². The minimum atomic E-state index is -0.693. The molecule has 1 fully saturated rings. The number of guanidine groups is 1. The number of allylic oxidation sites excluding steroid dienone is 1. The summed E-state index contributed by atoms with van der Waals surface area (Å²) >= 11 is 6.12. The number of nitrogens with zero attached hydrogens (tertiary/aromatic N) is 5. The molecule has 1 aromatic carbocycles. The molecule has 9 heteroatoms. The number of fused-ring (bicyclic) bond motifs is 3. The quantitative estimate of drug-likeness (QED) is 0.791. The maximum Gasteiger partial charge on any atom is 0.328 e. The summed E-state index contributed by atoms with van der Waals surface area (Å²) in [5.74, 6) is -0.118. The fourth-order valence-electron chi connectivity index (χ4n) is 3.66. The van der Waals surface area contributed by atoms with Gasteiger partial charge in [0.2, 0.25) is 5.96 Å². The van der Waals surface area contributed by atoms with Crippen LogP contribution >= 0.6 is 11.6 Å². The van der Waals surface area contributed by atoms with Crippen molar-refractivity contribution in [1.29, 1.82) is 0 Å². The number of carbonyl (C=O) groups is 3. The highest BCUT2D eigenvalue weighted by Crippen LogP contribution is 2.36. The first-order valence-electron chi connectivity index (χ1n) is 8.47. The van der Waals surface area contributed by atoms with Crippen molar-refractivity contribution in [2.45, 2.75) is 26.1 Å². The Bertz CT molecular complexity index is 927. The summed E-state index contributed by atoms with van der Waals surface area (Å²) in [6, 6.07) is 6.12. The van der Waals surface area contributed by atoms with Gasteiger partial charge in [0.1, 0.15) is 5.78 Å². The number of amides is 3. The van der Waals surface area contributed by atoms with E-state index in [1.807, 2.05) is 36.2 Å². The van der Waals surface area contributed by atoms with Crippen molar-refractivity contribution >= 4 is 41.0 Å². The number of hydrogen-bond donors (Lipinski definition) is 0. The van der Waals surface area contributed by atoms with Gasteiger partial charge >= 0.3 is 6.03 Å². The van der Waals surface area contributed by atoms with E-state index in [4.69, 9.17) is 11.6 Å². The van der Waals surface area contributed by atoms with E-state index < -0.39 is 24.1 Å². The number of imide groups is 1. The molecule has 0 aromatic heterocycles. The van der Waals surface area contributed by atoms with E-state index in [0.717, 1.165) is 16.3 Å². The molecule has 1 saturated heterocycles. The maximum atomic E-state index is 13.0. The Hall–Kier alpha value is -2.87. The number of Topliss-reactive ketones (excluding diaryl/α,β-unsaturated/α-hetero) is 1.